The maximum absolute atomic E-state index is 11.4. The number of anilines is 1. The average molecular weight is 435 g/mol. The molecule has 8 heteroatoms. The first kappa shape index (κ1) is 23.5. The second kappa shape index (κ2) is 10.9. The SMILES string of the molecule is CC(C)N1CCC(N2CCCN(c3cccc(C(N)=O)n3)CC2)CC1.NC(=O)C1CC1.[HH].[HH]. The summed E-state index contributed by atoms with van der Waals surface area (Å²) in [5.41, 5.74) is 10.6. The monoisotopic (exact) mass is 434 g/mol. The number of pyridine rings is 1. The summed E-state index contributed by atoms with van der Waals surface area (Å²) >= 11 is 0. The van der Waals surface area contributed by atoms with Crippen molar-refractivity contribution >= 4 is 17.6 Å². The van der Waals surface area contributed by atoms with E-state index >= 15 is 0 Å². The zero-order chi connectivity index (χ0) is 22.4. The van der Waals surface area contributed by atoms with Gasteiger partial charge in [-0.15, -0.1) is 0 Å². The quantitative estimate of drug-likeness (QED) is 0.733. The van der Waals surface area contributed by atoms with Crippen molar-refractivity contribution in [2.45, 2.75) is 58.0 Å². The molecule has 0 spiro atoms. The van der Waals surface area contributed by atoms with E-state index in [1.54, 1.807) is 6.07 Å². The van der Waals surface area contributed by atoms with Gasteiger partial charge in [0.25, 0.3) is 5.91 Å². The lowest BCUT2D eigenvalue weighted by molar-refractivity contribution is -0.119. The number of primary amides is 2. The number of hydrogen-bond acceptors (Lipinski definition) is 6. The van der Waals surface area contributed by atoms with Gasteiger partial charge in [0.05, 0.1) is 0 Å². The molecule has 4 rings (SSSR count). The van der Waals surface area contributed by atoms with Crippen LogP contribution in [-0.4, -0.2) is 78.0 Å². The summed E-state index contributed by atoms with van der Waals surface area (Å²) in [6, 6.07) is 6.89. The fourth-order valence-corrected chi connectivity index (χ4v) is 4.40. The summed E-state index contributed by atoms with van der Waals surface area (Å²) in [5.74, 6) is 0.517. The van der Waals surface area contributed by atoms with Crippen molar-refractivity contribution in [3.05, 3.63) is 23.9 Å². The number of carbonyl (C=O) groups excluding carboxylic acids is 2. The zero-order valence-electron chi connectivity index (χ0n) is 19.0. The molecule has 1 aromatic rings. The molecule has 0 bridgehead atoms. The van der Waals surface area contributed by atoms with Crippen LogP contribution in [0.2, 0.25) is 0 Å². The second-order valence-electron chi connectivity index (χ2n) is 9.16. The topological polar surface area (TPSA) is 109 Å². The smallest absolute Gasteiger partial charge is 0.267 e. The van der Waals surface area contributed by atoms with Crippen LogP contribution in [0.5, 0.6) is 0 Å². The van der Waals surface area contributed by atoms with E-state index in [9.17, 15) is 9.59 Å². The predicted octanol–water partition coefficient (Wildman–Crippen LogP) is 1.94. The molecule has 2 aliphatic heterocycles. The van der Waals surface area contributed by atoms with Gasteiger partial charge in [-0.05, 0) is 71.2 Å². The molecule has 176 valence electrons. The predicted molar refractivity (Wildman–Crippen MR) is 127 cm³/mol. The largest absolute Gasteiger partial charge is 0.369 e. The Hall–Kier alpha value is -2.19. The summed E-state index contributed by atoms with van der Waals surface area (Å²) in [6.07, 6.45) is 5.72. The Kier molecular flexibility index (Phi) is 8.26. The standard InChI is InChI=1S/C19H31N5O.C4H7NO.2H2/c1-15(2)22-11-7-16(8-12-22)23-9-4-10-24(14-13-23)18-6-3-5-17(21-18)19(20)25;5-4(6)3-1-2-3;;/h3,5-6,15-16H,4,7-14H2,1-2H3,(H2,20,25);3H,1-2H2,(H2,5,6);2*1H. The number of nitrogens with zero attached hydrogens (tertiary/aromatic N) is 4. The fourth-order valence-electron chi connectivity index (χ4n) is 4.40. The molecule has 1 aromatic heterocycles. The first-order chi connectivity index (χ1) is 14.8. The fraction of sp³-hybridized carbons (Fsp3) is 0.696. The number of nitrogens with two attached hydrogens (primary N) is 2. The van der Waals surface area contributed by atoms with E-state index < -0.39 is 5.91 Å². The number of hydrogen-bond donors (Lipinski definition) is 2. The Morgan fingerprint density at radius 1 is 1.00 bits per heavy atom. The number of amides is 2. The number of carbonyl (C=O) groups is 2. The van der Waals surface area contributed by atoms with Crippen LogP contribution in [0.15, 0.2) is 18.2 Å². The zero-order valence-corrected chi connectivity index (χ0v) is 19.0. The van der Waals surface area contributed by atoms with E-state index in [1.165, 1.54) is 25.9 Å². The van der Waals surface area contributed by atoms with Crippen LogP contribution in [0.1, 0.15) is 59.3 Å². The molecule has 3 fully saturated rings. The molecule has 1 aliphatic carbocycles. The third kappa shape index (κ3) is 6.90. The maximum Gasteiger partial charge on any atom is 0.267 e. The van der Waals surface area contributed by atoms with Crippen LogP contribution in [-0.2, 0) is 4.79 Å². The normalized spacial score (nSPS) is 21.3. The molecule has 31 heavy (non-hydrogen) atoms. The molecule has 1 saturated carbocycles. The van der Waals surface area contributed by atoms with E-state index in [2.05, 4.69) is 33.5 Å². The Bertz CT molecular complexity index is 754. The van der Waals surface area contributed by atoms with Crippen molar-refractivity contribution in [1.29, 1.82) is 0 Å². The molecule has 4 N–H and O–H groups in total. The van der Waals surface area contributed by atoms with Gasteiger partial charge in [-0.25, -0.2) is 4.98 Å². The lowest BCUT2D eigenvalue weighted by atomic mass is 10.0. The van der Waals surface area contributed by atoms with E-state index in [-0.39, 0.29) is 14.7 Å². The van der Waals surface area contributed by atoms with Gasteiger partial charge < -0.3 is 21.3 Å². The van der Waals surface area contributed by atoms with Gasteiger partial charge in [-0.2, -0.15) is 0 Å². The third-order valence-electron chi connectivity index (χ3n) is 6.57. The van der Waals surface area contributed by atoms with Crippen LogP contribution < -0.4 is 16.4 Å². The van der Waals surface area contributed by atoms with Crippen molar-refractivity contribution in [2.24, 2.45) is 17.4 Å². The third-order valence-corrected chi connectivity index (χ3v) is 6.57. The Morgan fingerprint density at radius 2 is 1.71 bits per heavy atom. The van der Waals surface area contributed by atoms with Gasteiger partial charge in [0.2, 0.25) is 5.91 Å². The van der Waals surface area contributed by atoms with Crippen molar-refractivity contribution in [3.8, 4) is 0 Å². The highest BCUT2D eigenvalue weighted by molar-refractivity contribution is 5.91. The molecule has 0 unspecified atom stereocenters. The van der Waals surface area contributed by atoms with Gasteiger partial charge in [0, 0.05) is 47.0 Å². The number of aromatic nitrogens is 1. The van der Waals surface area contributed by atoms with Gasteiger partial charge in [0.15, 0.2) is 0 Å². The first-order valence-electron chi connectivity index (χ1n) is 11.6. The van der Waals surface area contributed by atoms with Crippen LogP contribution in [0.3, 0.4) is 0 Å². The molecule has 3 aliphatic rings. The van der Waals surface area contributed by atoms with Crippen LogP contribution in [0.25, 0.3) is 0 Å². The second-order valence-corrected chi connectivity index (χ2v) is 9.16. The molecule has 8 nitrogen and oxygen atoms in total. The summed E-state index contributed by atoms with van der Waals surface area (Å²) < 4.78 is 0. The number of rotatable bonds is 5. The van der Waals surface area contributed by atoms with Crippen molar-refractivity contribution in [1.82, 2.24) is 14.8 Å². The average Bonchev–Trinajstić information content (AvgIpc) is 3.61. The lowest BCUT2D eigenvalue weighted by Gasteiger charge is -2.39. The highest BCUT2D eigenvalue weighted by Crippen LogP contribution is 2.27. The molecule has 3 heterocycles. The molecular weight excluding hydrogens is 392 g/mol. The van der Waals surface area contributed by atoms with E-state index in [0.717, 1.165) is 51.3 Å². The van der Waals surface area contributed by atoms with Gasteiger partial charge in [-0.1, -0.05) is 6.07 Å². The molecule has 0 aromatic carbocycles. The summed E-state index contributed by atoms with van der Waals surface area (Å²) in [7, 11) is 0. The first-order valence-corrected chi connectivity index (χ1v) is 11.6. The highest BCUT2D eigenvalue weighted by Gasteiger charge is 2.28. The lowest BCUT2D eigenvalue weighted by Crippen LogP contribution is -2.47. The van der Waals surface area contributed by atoms with E-state index in [0.29, 0.717) is 17.8 Å². The molecule has 0 radical (unpaired) electrons. The van der Waals surface area contributed by atoms with Gasteiger partial charge in [-0.3, -0.25) is 14.5 Å². The van der Waals surface area contributed by atoms with Crippen LogP contribution in [0, 0.1) is 5.92 Å². The van der Waals surface area contributed by atoms with E-state index in [4.69, 9.17) is 11.5 Å². The Morgan fingerprint density at radius 3 is 2.26 bits per heavy atom. The molecule has 2 saturated heterocycles. The summed E-state index contributed by atoms with van der Waals surface area (Å²) in [5, 5.41) is 0. The molecule has 2 amide bonds. The summed E-state index contributed by atoms with van der Waals surface area (Å²) in [4.78, 5) is 33.3. The molecular formula is C23H42N6O2. The van der Waals surface area contributed by atoms with E-state index in [1.807, 2.05) is 12.1 Å². The van der Waals surface area contributed by atoms with Crippen molar-refractivity contribution in [2.75, 3.05) is 44.2 Å². The number of likely N-dealkylation sites (tertiary alicyclic amines) is 1. The van der Waals surface area contributed by atoms with Crippen LogP contribution >= 0.6 is 0 Å². The minimum absolute atomic E-state index is 0. The van der Waals surface area contributed by atoms with Crippen LogP contribution in [0.4, 0.5) is 5.82 Å². The molecule has 0 atom stereocenters. The van der Waals surface area contributed by atoms with Crippen molar-refractivity contribution < 1.29 is 12.4 Å². The summed E-state index contributed by atoms with van der Waals surface area (Å²) in [6.45, 7) is 11.2. The maximum atomic E-state index is 11.4. The number of piperidine rings is 1. The van der Waals surface area contributed by atoms with Crippen molar-refractivity contribution in [3.63, 3.8) is 0 Å². The van der Waals surface area contributed by atoms with Gasteiger partial charge in [0.1, 0.15) is 11.5 Å². The minimum atomic E-state index is -0.463. The Labute approximate surface area is 188 Å². The highest BCUT2D eigenvalue weighted by atomic mass is 16.1. The van der Waals surface area contributed by atoms with Gasteiger partial charge >= 0.3 is 0 Å². The Balaban J connectivity index is 0.000000594. The minimum Gasteiger partial charge on any atom is -0.369 e.